The molecule has 0 aliphatic heterocycles. The van der Waals surface area contributed by atoms with Gasteiger partial charge in [-0.1, -0.05) is 0 Å². The number of aromatic nitrogens is 4. The van der Waals surface area contributed by atoms with E-state index in [4.69, 9.17) is 10.5 Å². The number of nitro benzene ring substituents is 1. The zero-order chi connectivity index (χ0) is 21.0. The van der Waals surface area contributed by atoms with Crippen molar-refractivity contribution in [1.82, 2.24) is 19.5 Å². The number of anilines is 1. The van der Waals surface area contributed by atoms with E-state index in [2.05, 4.69) is 19.7 Å². The quantitative estimate of drug-likeness (QED) is 0.265. The smallest absolute Gasteiger partial charge is 0.338 e. The minimum absolute atomic E-state index is 0.0370. The lowest BCUT2D eigenvalue weighted by Gasteiger charge is -2.07. The third-order valence-electron chi connectivity index (χ3n) is 3.99. The summed E-state index contributed by atoms with van der Waals surface area (Å²) in [5.41, 5.74) is 6.12. The number of nitrogen functional groups attached to an aromatic ring is 1. The first-order valence-electron chi connectivity index (χ1n) is 8.37. The highest BCUT2D eigenvalue weighted by atomic mass is 16.6. The summed E-state index contributed by atoms with van der Waals surface area (Å²) in [5, 5.41) is 11.0. The third kappa shape index (κ3) is 4.26. The Balaban J connectivity index is 1.64. The summed E-state index contributed by atoms with van der Waals surface area (Å²) in [5.74, 6) is -1.32. The van der Waals surface area contributed by atoms with Crippen LogP contribution in [0, 0.1) is 10.1 Å². The molecule has 29 heavy (non-hydrogen) atoms. The molecule has 0 saturated carbocycles. The first-order chi connectivity index (χ1) is 13.9. The number of nitro groups is 1. The van der Waals surface area contributed by atoms with Crippen molar-refractivity contribution in [2.45, 2.75) is 13.0 Å². The molecule has 0 bridgehead atoms. The molecule has 0 spiro atoms. The van der Waals surface area contributed by atoms with E-state index in [0.29, 0.717) is 24.1 Å². The molecule has 2 heterocycles. The Morgan fingerprint density at radius 3 is 2.59 bits per heavy atom. The van der Waals surface area contributed by atoms with Gasteiger partial charge in [0, 0.05) is 18.7 Å². The number of hydrogen-bond acceptors (Lipinski definition) is 10. The highest BCUT2D eigenvalue weighted by Crippen LogP contribution is 2.19. The van der Waals surface area contributed by atoms with Gasteiger partial charge in [0.25, 0.3) is 5.69 Å². The van der Waals surface area contributed by atoms with Crippen molar-refractivity contribution < 1.29 is 24.0 Å². The Morgan fingerprint density at radius 1 is 1.17 bits per heavy atom. The Kier molecular flexibility index (Phi) is 5.62. The number of aryl methyl sites for hydroxylation is 1. The van der Waals surface area contributed by atoms with Crippen molar-refractivity contribution in [2.24, 2.45) is 0 Å². The van der Waals surface area contributed by atoms with Crippen LogP contribution in [0.15, 0.2) is 30.9 Å². The maximum absolute atomic E-state index is 12.2. The van der Waals surface area contributed by atoms with E-state index >= 15 is 0 Å². The summed E-state index contributed by atoms with van der Waals surface area (Å²) >= 11 is 0. The van der Waals surface area contributed by atoms with Gasteiger partial charge in [0.15, 0.2) is 11.5 Å². The SMILES string of the molecule is COC(=O)c1cc(C(=O)OCCCn2cnc3c(N)ncnc32)cc([N+](=O)[O-])c1. The minimum atomic E-state index is -0.795. The number of carbonyl (C=O) groups excluding carboxylic acids is 2. The summed E-state index contributed by atoms with van der Waals surface area (Å²) < 4.78 is 11.4. The topological polar surface area (TPSA) is 165 Å². The van der Waals surface area contributed by atoms with Crippen LogP contribution in [-0.2, 0) is 16.0 Å². The van der Waals surface area contributed by atoms with Crippen molar-refractivity contribution in [1.29, 1.82) is 0 Å². The van der Waals surface area contributed by atoms with Gasteiger partial charge in [-0.2, -0.15) is 0 Å². The van der Waals surface area contributed by atoms with E-state index in [1.807, 2.05) is 0 Å². The van der Waals surface area contributed by atoms with Gasteiger partial charge in [-0.15, -0.1) is 0 Å². The van der Waals surface area contributed by atoms with E-state index in [1.54, 1.807) is 10.9 Å². The van der Waals surface area contributed by atoms with E-state index in [0.717, 1.165) is 19.2 Å². The number of methoxy groups -OCH3 is 1. The third-order valence-corrected chi connectivity index (χ3v) is 3.99. The maximum Gasteiger partial charge on any atom is 0.338 e. The lowest BCUT2D eigenvalue weighted by Crippen LogP contribution is -2.11. The van der Waals surface area contributed by atoms with Crippen LogP contribution in [0.1, 0.15) is 27.1 Å². The number of hydrogen-bond donors (Lipinski definition) is 1. The van der Waals surface area contributed by atoms with Crippen LogP contribution in [0.3, 0.4) is 0 Å². The minimum Gasteiger partial charge on any atom is -0.465 e. The molecule has 3 rings (SSSR count). The second kappa shape index (κ2) is 8.29. The van der Waals surface area contributed by atoms with Gasteiger partial charge in [0.1, 0.15) is 11.8 Å². The van der Waals surface area contributed by atoms with Gasteiger partial charge in [-0.25, -0.2) is 24.5 Å². The molecule has 12 heteroatoms. The largest absolute Gasteiger partial charge is 0.465 e. The van der Waals surface area contributed by atoms with Gasteiger partial charge in [-0.3, -0.25) is 10.1 Å². The van der Waals surface area contributed by atoms with Gasteiger partial charge < -0.3 is 19.8 Å². The van der Waals surface area contributed by atoms with Crippen LogP contribution in [0.25, 0.3) is 11.2 Å². The van der Waals surface area contributed by atoms with E-state index in [9.17, 15) is 19.7 Å². The number of nitrogens with zero attached hydrogens (tertiary/aromatic N) is 5. The number of benzene rings is 1. The number of rotatable bonds is 7. The van der Waals surface area contributed by atoms with E-state index in [1.165, 1.54) is 12.4 Å². The summed E-state index contributed by atoms with van der Waals surface area (Å²) in [6.07, 6.45) is 3.32. The molecule has 0 fully saturated rings. The fourth-order valence-corrected chi connectivity index (χ4v) is 2.62. The predicted octanol–water partition coefficient (Wildman–Crippen LogP) is 1.35. The summed E-state index contributed by atoms with van der Waals surface area (Å²) in [6, 6.07) is 3.25. The Morgan fingerprint density at radius 2 is 1.90 bits per heavy atom. The lowest BCUT2D eigenvalue weighted by atomic mass is 10.1. The number of fused-ring (bicyclic) bond motifs is 1. The fraction of sp³-hybridized carbons (Fsp3) is 0.235. The maximum atomic E-state index is 12.2. The van der Waals surface area contributed by atoms with Crippen LogP contribution in [0.5, 0.6) is 0 Å². The van der Waals surface area contributed by atoms with Crippen molar-refractivity contribution in [3.05, 3.63) is 52.1 Å². The van der Waals surface area contributed by atoms with Crippen LogP contribution in [0.4, 0.5) is 11.5 Å². The Bertz CT molecular complexity index is 1100. The summed E-state index contributed by atoms with van der Waals surface area (Å²) in [6.45, 7) is 0.484. The molecule has 12 nitrogen and oxygen atoms in total. The van der Waals surface area contributed by atoms with Gasteiger partial charge >= 0.3 is 11.9 Å². The standard InChI is InChI=1S/C17H16N6O6/c1-28-16(24)10-5-11(7-12(6-10)23(26)27)17(25)29-4-2-3-22-9-21-13-14(18)19-8-20-15(13)22/h5-9H,2-4H2,1H3,(H2,18,19,20). The van der Waals surface area contributed by atoms with Crippen LogP contribution in [0.2, 0.25) is 0 Å². The van der Waals surface area contributed by atoms with E-state index < -0.39 is 22.5 Å². The van der Waals surface area contributed by atoms with Gasteiger partial charge in [-0.05, 0) is 12.5 Å². The monoisotopic (exact) mass is 400 g/mol. The first kappa shape index (κ1) is 19.7. The van der Waals surface area contributed by atoms with Crippen molar-refractivity contribution in [3.8, 4) is 0 Å². The molecule has 3 aromatic rings. The molecule has 150 valence electrons. The molecule has 0 amide bonds. The van der Waals surface area contributed by atoms with Crippen molar-refractivity contribution in [3.63, 3.8) is 0 Å². The average Bonchev–Trinajstić information content (AvgIpc) is 3.14. The van der Waals surface area contributed by atoms with E-state index in [-0.39, 0.29) is 23.6 Å². The molecular formula is C17H16N6O6. The average molecular weight is 400 g/mol. The molecule has 2 aromatic heterocycles. The van der Waals surface area contributed by atoms with Gasteiger partial charge in [0.05, 0.1) is 36.1 Å². The van der Waals surface area contributed by atoms with Gasteiger partial charge in [0.2, 0.25) is 0 Å². The van der Waals surface area contributed by atoms with Crippen molar-refractivity contribution >= 4 is 34.6 Å². The Hall–Kier alpha value is -4.09. The molecule has 2 N–H and O–H groups in total. The van der Waals surface area contributed by atoms with Crippen LogP contribution in [-0.4, -0.2) is 50.1 Å². The summed E-state index contributed by atoms with van der Waals surface area (Å²) in [7, 11) is 1.14. The number of esters is 2. The number of imidazole rings is 1. The zero-order valence-electron chi connectivity index (χ0n) is 15.3. The van der Waals surface area contributed by atoms with Crippen LogP contribution < -0.4 is 5.73 Å². The number of nitrogens with two attached hydrogens (primary N) is 1. The van der Waals surface area contributed by atoms with Crippen LogP contribution >= 0.6 is 0 Å². The second-order valence-electron chi connectivity index (χ2n) is 5.88. The Labute approximate surface area is 163 Å². The molecular weight excluding hydrogens is 384 g/mol. The number of carbonyl (C=O) groups is 2. The fourth-order valence-electron chi connectivity index (χ4n) is 2.62. The molecule has 0 aliphatic carbocycles. The molecule has 0 aliphatic rings. The normalized spacial score (nSPS) is 10.7. The molecule has 0 saturated heterocycles. The predicted molar refractivity (Wildman–Crippen MR) is 99.1 cm³/mol. The lowest BCUT2D eigenvalue weighted by molar-refractivity contribution is -0.384. The molecule has 0 radical (unpaired) electrons. The number of ether oxygens (including phenoxy) is 2. The van der Waals surface area contributed by atoms with Crippen molar-refractivity contribution in [2.75, 3.05) is 19.5 Å². The zero-order valence-corrected chi connectivity index (χ0v) is 15.3. The highest BCUT2D eigenvalue weighted by molar-refractivity contribution is 5.96. The molecule has 1 aromatic carbocycles. The number of non-ortho nitro benzene ring substituents is 1. The first-order valence-corrected chi connectivity index (χ1v) is 8.37. The highest BCUT2D eigenvalue weighted by Gasteiger charge is 2.19. The molecule has 0 unspecified atom stereocenters. The summed E-state index contributed by atoms with van der Waals surface area (Å²) in [4.78, 5) is 46.4. The second-order valence-corrected chi connectivity index (χ2v) is 5.88. The molecule has 0 atom stereocenters.